The van der Waals surface area contributed by atoms with Gasteiger partial charge >= 0.3 is 12.1 Å². The Labute approximate surface area is 264 Å². The number of hydrogen-bond acceptors (Lipinski definition) is 10. The number of rotatable bonds is 10. The quantitative estimate of drug-likeness (QED) is 0.0796. The number of allylic oxidation sites excluding steroid dienone is 1. The lowest BCUT2D eigenvalue weighted by molar-refractivity contribution is -0.148. The van der Waals surface area contributed by atoms with Crippen LogP contribution in [0.4, 0.5) is 4.79 Å². The van der Waals surface area contributed by atoms with Gasteiger partial charge < -0.3 is 36.1 Å². The highest BCUT2D eigenvalue weighted by molar-refractivity contribution is 7.80. The van der Waals surface area contributed by atoms with E-state index in [0.717, 1.165) is 0 Å². The topological polar surface area (TPSA) is 181 Å². The number of ether oxygens (including phenoxy) is 2. The highest BCUT2D eigenvalue weighted by Gasteiger charge is 2.31. The van der Waals surface area contributed by atoms with E-state index >= 15 is 0 Å². The molecule has 4 atom stereocenters. The number of nitrogens with one attached hydrogen (secondary N) is 5. The van der Waals surface area contributed by atoms with Crippen LogP contribution in [0.25, 0.3) is 0 Å². The fourth-order valence-corrected chi connectivity index (χ4v) is 4.30. The van der Waals surface area contributed by atoms with Crippen LogP contribution >= 0.6 is 25.3 Å². The van der Waals surface area contributed by atoms with E-state index in [1.165, 1.54) is 0 Å². The maximum Gasteiger partial charge on any atom is 0.407 e. The number of cyclic esters (lactones) is 1. The van der Waals surface area contributed by atoms with Crippen LogP contribution < -0.4 is 26.6 Å². The fourth-order valence-electron chi connectivity index (χ4n) is 3.89. The van der Waals surface area contributed by atoms with Crippen LogP contribution in [0, 0.1) is 5.92 Å². The molecule has 43 heavy (non-hydrogen) atoms. The minimum absolute atomic E-state index is 0.0746. The minimum atomic E-state index is -1.10. The van der Waals surface area contributed by atoms with Gasteiger partial charge in [0.1, 0.15) is 36.4 Å². The maximum atomic E-state index is 13.3. The van der Waals surface area contributed by atoms with E-state index in [1.807, 2.05) is 0 Å². The normalized spacial score (nSPS) is 23.2. The van der Waals surface area contributed by atoms with Gasteiger partial charge in [0.15, 0.2) is 0 Å². The van der Waals surface area contributed by atoms with E-state index in [9.17, 15) is 28.8 Å². The van der Waals surface area contributed by atoms with Crippen LogP contribution in [0.1, 0.15) is 66.7 Å². The zero-order valence-electron chi connectivity index (χ0n) is 25.6. The van der Waals surface area contributed by atoms with Gasteiger partial charge in [-0.25, -0.2) is 4.79 Å². The molecule has 5 N–H and O–H groups in total. The Morgan fingerprint density at radius 1 is 1.02 bits per heavy atom. The van der Waals surface area contributed by atoms with Crippen molar-refractivity contribution < 1.29 is 38.2 Å². The van der Waals surface area contributed by atoms with Gasteiger partial charge in [0, 0.05) is 12.3 Å². The number of carbonyl (C=O) groups excluding carboxylic acids is 6. The largest absolute Gasteiger partial charge is 0.456 e. The van der Waals surface area contributed by atoms with Crippen LogP contribution in [0.3, 0.4) is 0 Å². The molecule has 5 amide bonds. The summed E-state index contributed by atoms with van der Waals surface area (Å²) in [6.07, 6.45) is 3.15. The molecular weight excluding hydrogens is 598 g/mol. The smallest absolute Gasteiger partial charge is 0.407 e. The second-order valence-electron chi connectivity index (χ2n) is 11.4. The second-order valence-corrected chi connectivity index (χ2v) is 12.2. The summed E-state index contributed by atoms with van der Waals surface area (Å²) in [7, 11) is 0. The standard InChI is InChI=1S/C28H47N5O8S2/c1-17(2)23-26(38)30-15-22(35)40-18(10-7-9-13-42)14-21(34)31-19(24(36)32-20(16-43)25(37)33-23)11-6-8-12-29-27(39)41-28(3,4)5/h7,10,17-20,23,42-43H,6,8-9,11-16H2,1-5H3,(H,29,39)(H,30,38)(H,31,34)(H,32,36)(H,33,37)/b10-7+/t18?,19-,20-,23-/m0/s1. The van der Waals surface area contributed by atoms with Crippen molar-refractivity contribution in [2.45, 2.75) is 96.6 Å². The lowest BCUT2D eigenvalue weighted by Gasteiger charge is -2.27. The monoisotopic (exact) mass is 645 g/mol. The molecule has 1 heterocycles. The molecule has 15 heteroatoms. The van der Waals surface area contributed by atoms with Crippen LogP contribution in [-0.4, -0.2) is 90.1 Å². The summed E-state index contributed by atoms with van der Waals surface area (Å²) < 4.78 is 10.6. The molecule has 1 saturated heterocycles. The van der Waals surface area contributed by atoms with E-state index in [4.69, 9.17) is 9.47 Å². The number of amides is 5. The number of carbonyl (C=O) groups is 6. The van der Waals surface area contributed by atoms with Crippen molar-refractivity contribution in [2.75, 3.05) is 24.6 Å². The van der Waals surface area contributed by atoms with Gasteiger partial charge in [0.2, 0.25) is 23.6 Å². The molecule has 0 aromatic carbocycles. The third-order valence-electron chi connectivity index (χ3n) is 6.02. The lowest BCUT2D eigenvalue weighted by atomic mass is 10.0. The first-order valence-electron chi connectivity index (χ1n) is 14.4. The number of alkyl carbamates (subject to hydrolysis) is 1. The Bertz CT molecular complexity index is 1000. The highest BCUT2D eigenvalue weighted by Crippen LogP contribution is 2.10. The third-order valence-corrected chi connectivity index (χ3v) is 6.65. The van der Waals surface area contributed by atoms with Crippen molar-refractivity contribution >= 4 is 60.9 Å². The number of esters is 1. The van der Waals surface area contributed by atoms with Gasteiger partial charge in [-0.15, -0.1) is 0 Å². The summed E-state index contributed by atoms with van der Waals surface area (Å²) in [6, 6.07) is -3.14. The molecule has 1 unspecified atom stereocenters. The third kappa shape index (κ3) is 15.9. The zero-order chi connectivity index (χ0) is 32.6. The first kappa shape index (κ1) is 38.1. The van der Waals surface area contributed by atoms with Crippen molar-refractivity contribution in [2.24, 2.45) is 5.92 Å². The molecular formula is C28H47N5O8S2. The molecule has 1 fully saturated rings. The predicted octanol–water partition coefficient (Wildman–Crippen LogP) is 1.03. The van der Waals surface area contributed by atoms with E-state index in [-0.39, 0.29) is 31.1 Å². The van der Waals surface area contributed by atoms with Crippen molar-refractivity contribution in [3.05, 3.63) is 12.2 Å². The average Bonchev–Trinajstić information content (AvgIpc) is 2.90. The predicted molar refractivity (Wildman–Crippen MR) is 168 cm³/mol. The van der Waals surface area contributed by atoms with Crippen LogP contribution in [0.2, 0.25) is 0 Å². The van der Waals surface area contributed by atoms with Gasteiger partial charge in [0.25, 0.3) is 0 Å². The Hall–Kier alpha value is -2.94. The summed E-state index contributed by atoms with van der Waals surface area (Å²) in [6.45, 7) is 8.52. The summed E-state index contributed by atoms with van der Waals surface area (Å²) in [5.41, 5.74) is -0.640. The van der Waals surface area contributed by atoms with Gasteiger partial charge in [-0.3, -0.25) is 24.0 Å². The number of hydrogen-bond donors (Lipinski definition) is 7. The van der Waals surface area contributed by atoms with Gasteiger partial charge in [-0.2, -0.15) is 25.3 Å². The van der Waals surface area contributed by atoms with Crippen LogP contribution in [0.15, 0.2) is 12.2 Å². The average molecular weight is 646 g/mol. The molecule has 1 aliphatic rings. The lowest BCUT2D eigenvalue weighted by Crippen LogP contribution is -2.58. The van der Waals surface area contributed by atoms with Crippen molar-refractivity contribution in [3.63, 3.8) is 0 Å². The molecule has 1 rings (SSSR count). The van der Waals surface area contributed by atoms with E-state index in [2.05, 4.69) is 51.8 Å². The summed E-state index contributed by atoms with van der Waals surface area (Å²) in [4.78, 5) is 76.6. The van der Waals surface area contributed by atoms with E-state index < -0.39 is 72.1 Å². The first-order valence-corrected chi connectivity index (χ1v) is 15.7. The SMILES string of the molecule is CC(C)[C@@H]1NC(=O)[C@H](CS)NC(=O)[C@H](CCCCNC(=O)OC(C)(C)C)NC(=O)CC(/C=C/CCS)OC(=O)CNC1=O. The molecule has 0 spiro atoms. The highest BCUT2D eigenvalue weighted by atomic mass is 32.1. The molecule has 0 aromatic rings. The first-order chi connectivity index (χ1) is 20.2. The van der Waals surface area contributed by atoms with Crippen LogP contribution in [-0.2, 0) is 33.4 Å². The Balaban J connectivity index is 3.14. The van der Waals surface area contributed by atoms with Crippen molar-refractivity contribution in [3.8, 4) is 0 Å². The second kappa shape index (κ2) is 19.4. The molecule has 0 bridgehead atoms. The van der Waals surface area contributed by atoms with E-state index in [0.29, 0.717) is 25.0 Å². The molecule has 0 radical (unpaired) electrons. The van der Waals surface area contributed by atoms with Gasteiger partial charge in [-0.05, 0) is 64.2 Å². The summed E-state index contributed by atoms with van der Waals surface area (Å²) in [5, 5.41) is 13.0. The summed E-state index contributed by atoms with van der Waals surface area (Å²) >= 11 is 8.35. The zero-order valence-corrected chi connectivity index (χ0v) is 27.4. The minimum Gasteiger partial charge on any atom is -0.456 e. The molecule has 1 aliphatic heterocycles. The van der Waals surface area contributed by atoms with E-state index in [1.54, 1.807) is 46.8 Å². The Morgan fingerprint density at radius 3 is 2.30 bits per heavy atom. The molecule has 0 aromatic heterocycles. The van der Waals surface area contributed by atoms with Crippen molar-refractivity contribution in [1.82, 2.24) is 26.6 Å². The Morgan fingerprint density at radius 2 is 1.70 bits per heavy atom. The maximum absolute atomic E-state index is 13.3. The van der Waals surface area contributed by atoms with Crippen molar-refractivity contribution in [1.29, 1.82) is 0 Å². The van der Waals surface area contributed by atoms with Gasteiger partial charge in [-0.1, -0.05) is 19.9 Å². The Kier molecular flexibility index (Phi) is 17.1. The molecule has 0 saturated carbocycles. The number of unbranched alkanes of at least 4 members (excludes halogenated alkanes) is 1. The fraction of sp³-hybridized carbons (Fsp3) is 0.714. The molecule has 13 nitrogen and oxygen atoms in total. The van der Waals surface area contributed by atoms with Crippen LogP contribution in [0.5, 0.6) is 0 Å². The molecule has 244 valence electrons. The number of thiol groups is 2. The summed E-state index contributed by atoms with van der Waals surface area (Å²) in [5.74, 6) is -3.09. The van der Waals surface area contributed by atoms with Gasteiger partial charge in [0.05, 0.1) is 6.42 Å². The molecule has 0 aliphatic carbocycles.